The van der Waals surface area contributed by atoms with Crippen molar-refractivity contribution < 1.29 is 61.2 Å². The van der Waals surface area contributed by atoms with E-state index in [0.29, 0.717) is 0 Å². The van der Waals surface area contributed by atoms with E-state index in [2.05, 4.69) is 0 Å². The summed E-state index contributed by atoms with van der Waals surface area (Å²) in [6.45, 7) is 0. The molecule has 0 saturated carbocycles. The molecule has 0 aliphatic heterocycles. The van der Waals surface area contributed by atoms with Crippen LogP contribution in [0.2, 0.25) is 0 Å². The Balaban J connectivity index is -0.0000000480. The van der Waals surface area contributed by atoms with Crippen molar-refractivity contribution in [1.82, 2.24) is 0 Å². The van der Waals surface area contributed by atoms with Gasteiger partial charge in [0.15, 0.2) is 0 Å². The third-order valence-corrected chi connectivity index (χ3v) is 0. The van der Waals surface area contributed by atoms with Crippen LogP contribution in [0.5, 0.6) is 0 Å². The minimum absolute atomic E-state index is 0. The van der Waals surface area contributed by atoms with E-state index in [0.717, 1.165) is 0 Å². The summed E-state index contributed by atoms with van der Waals surface area (Å²) in [6, 6.07) is 0. The normalized spacial score (nSPS) is 3.86. The molecule has 0 spiro atoms. The van der Waals surface area contributed by atoms with E-state index in [1.807, 2.05) is 0 Å². The SMILES string of the molecule is O.O=C(O)O.[O]=[Ce]. The molecule has 0 heterocycles. The molecule has 0 unspecified atom stereocenters. The fourth-order valence-electron chi connectivity index (χ4n) is 0. The van der Waals surface area contributed by atoms with Gasteiger partial charge in [-0.3, -0.25) is 0 Å². The maximum absolute atomic E-state index is 8.56. The van der Waals surface area contributed by atoms with E-state index in [4.69, 9.17) is 15.9 Å². The first-order chi connectivity index (χ1) is 2.73. The zero-order valence-corrected chi connectivity index (χ0v) is 6.35. The molecule has 0 rings (SSSR count). The van der Waals surface area contributed by atoms with Gasteiger partial charge >= 0.3 is 46.9 Å². The van der Waals surface area contributed by atoms with Crippen LogP contribution in [0, 0.1) is 39.8 Å². The number of hydrogen-bond donors (Lipinski definition) is 2. The van der Waals surface area contributed by atoms with Crippen LogP contribution in [0.15, 0.2) is 0 Å². The molecule has 7 heavy (non-hydrogen) atoms. The predicted octanol–water partition coefficient (Wildman–Crippen LogP) is -0.721. The van der Waals surface area contributed by atoms with Gasteiger partial charge in [-0.2, -0.15) is 0 Å². The Morgan fingerprint density at radius 3 is 1.29 bits per heavy atom. The molecule has 6 heteroatoms. The van der Waals surface area contributed by atoms with Crippen molar-refractivity contribution in [2.24, 2.45) is 0 Å². The molecule has 0 aromatic heterocycles. The summed E-state index contributed by atoms with van der Waals surface area (Å²) in [5.74, 6) is 0. The summed E-state index contributed by atoms with van der Waals surface area (Å²) in [6.07, 6.45) is -1.83. The minimum atomic E-state index is -1.83. The van der Waals surface area contributed by atoms with Crippen LogP contribution in [0.25, 0.3) is 0 Å². The monoisotopic (exact) mass is 236 g/mol. The van der Waals surface area contributed by atoms with Crippen molar-refractivity contribution in [2.45, 2.75) is 0 Å². The Bertz CT molecular complexity index is 39.3. The third kappa shape index (κ3) is 752. The Morgan fingerprint density at radius 1 is 1.29 bits per heavy atom. The van der Waals surface area contributed by atoms with Crippen LogP contribution in [-0.4, -0.2) is 21.8 Å². The average Bonchev–Trinajstić information content (AvgIpc) is 1.41. The van der Waals surface area contributed by atoms with Crippen LogP contribution in [0.3, 0.4) is 0 Å². The number of carbonyl (C=O) groups is 1. The maximum atomic E-state index is 8.56. The van der Waals surface area contributed by atoms with Gasteiger partial charge in [0.2, 0.25) is 0 Å². The fraction of sp³-hybridized carbons (Fsp3) is 0. The summed E-state index contributed by atoms with van der Waals surface area (Å²) in [4.78, 5) is 8.56. The summed E-state index contributed by atoms with van der Waals surface area (Å²) in [7, 11) is 0. The molecule has 0 atom stereocenters. The molecule has 0 fully saturated rings. The third-order valence-electron chi connectivity index (χ3n) is 0. The first-order valence-electron chi connectivity index (χ1n) is 0.855. The summed E-state index contributed by atoms with van der Waals surface area (Å²) in [5.41, 5.74) is 0. The molecule has 0 aromatic carbocycles. The van der Waals surface area contributed by atoms with E-state index >= 15 is 0 Å². The van der Waals surface area contributed by atoms with E-state index in [-0.39, 0.29) is 45.3 Å². The second kappa shape index (κ2) is 16.1. The topological polar surface area (TPSA) is 106 Å². The Morgan fingerprint density at radius 2 is 1.29 bits per heavy atom. The van der Waals surface area contributed by atoms with Gasteiger partial charge in [-0.1, -0.05) is 0 Å². The molecule has 0 amide bonds. The quantitative estimate of drug-likeness (QED) is 0.578. The van der Waals surface area contributed by atoms with Gasteiger partial charge in [0.1, 0.15) is 0 Å². The van der Waals surface area contributed by atoms with Crippen molar-refractivity contribution >= 4 is 6.16 Å². The van der Waals surface area contributed by atoms with E-state index in [1.54, 1.807) is 0 Å². The summed E-state index contributed by atoms with van der Waals surface area (Å²) in [5, 5.41) is 13.9. The molecule has 0 aliphatic rings. The molecule has 0 bridgehead atoms. The standard InChI is InChI=1S/CH2O3.Ce.H2O.O/c2-1(3)4;;;/h(H2,2,3,4);;1H2;. The van der Waals surface area contributed by atoms with Crippen LogP contribution in [0.1, 0.15) is 0 Å². The van der Waals surface area contributed by atoms with E-state index < -0.39 is 6.16 Å². The Kier molecular flexibility index (Phi) is 36.1. The average molecular weight is 236 g/mol. The van der Waals surface area contributed by atoms with Crippen molar-refractivity contribution in [2.75, 3.05) is 0 Å². The molecule has 42 valence electrons. The molecule has 0 aliphatic carbocycles. The van der Waals surface area contributed by atoms with Crippen molar-refractivity contribution in [1.29, 1.82) is 0 Å². The van der Waals surface area contributed by atoms with E-state index in [9.17, 15) is 0 Å². The van der Waals surface area contributed by atoms with Gasteiger partial charge < -0.3 is 15.7 Å². The molecular formula is CH4CeO5. The molecule has 4 N–H and O–H groups in total. The van der Waals surface area contributed by atoms with Crippen LogP contribution >= 0.6 is 0 Å². The second-order valence-electron chi connectivity index (χ2n) is 0.283. The van der Waals surface area contributed by atoms with E-state index in [1.165, 1.54) is 0 Å². The Hall–Kier alpha value is 0.407. The first kappa shape index (κ1) is 15.7. The van der Waals surface area contributed by atoms with Gasteiger partial charge in [-0.15, -0.1) is 0 Å². The van der Waals surface area contributed by atoms with Gasteiger partial charge in [0.05, 0.1) is 0 Å². The zero-order valence-electron chi connectivity index (χ0n) is 3.21. The zero-order chi connectivity index (χ0) is 5.58. The molecular weight excluding hydrogens is 232 g/mol. The van der Waals surface area contributed by atoms with Crippen molar-refractivity contribution in [3.63, 3.8) is 0 Å². The second-order valence-corrected chi connectivity index (χ2v) is 0.283. The molecule has 0 aromatic rings. The van der Waals surface area contributed by atoms with Gasteiger partial charge in [0.25, 0.3) is 0 Å². The Labute approximate surface area is 66.8 Å². The fourth-order valence-corrected chi connectivity index (χ4v) is 0. The first-order valence-corrected chi connectivity index (χ1v) is 2.14. The van der Waals surface area contributed by atoms with Crippen LogP contribution < -0.4 is 0 Å². The van der Waals surface area contributed by atoms with Gasteiger partial charge in [0, 0.05) is 0 Å². The van der Waals surface area contributed by atoms with Crippen LogP contribution in [-0.2, 0) is 0.938 Å². The number of carboxylic acid groups (broad SMARTS) is 2. The van der Waals surface area contributed by atoms with Crippen molar-refractivity contribution in [3.8, 4) is 0 Å². The van der Waals surface area contributed by atoms with Gasteiger partial charge in [-0.25, -0.2) is 4.79 Å². The van der Waals surface area contributed by atoms with Gasteiger partial charge in [-0.05, 0) is 0 Å². The molecule has 0 saturated heterocycles. The summed E-state index contributed by atoms with van der Waals surface area (Å²) >= 11 is 0.0556. The molecule has 0 radical (unpaired) electrons. The number of hydrogen-bond acceptors (Lipinski definition) is 2. The predicted molar refractivity (Wildman–Crippen MR) is 15.0 cm³/mol. The summed E-state index contributed by atoms with van der Waals surface area (Å²) < 4.78 is 8.39. The number of rotatable bonds is 0. The van der Waals surface area contributed by atoms with Crippen molar-refractivity contribution in [3.05, 3.63) is 0 Å². The molecule has 5 nitrogen and oxygen atoms in total. The van der Waals surface area contributed by atoms with Crippen LogP contribution in [0.4, 0.5) is 4.79 Å².